The SMILES string of the molecule is OC[C@H]1OC(O)[C@](O)(OCCc2ccccc2)[C@H]1O. The van der Waals surface area contributed by atoms with Gasteiger partial charge in [0.25, 0.3) is 0 Å². The largest absolute Gasteiger partial charge is 0.394 e. The van der Waals surface area contributed by atoms with Crippen molar-refractivity contribution in [1.82, 2.24) is 0 Å². The second-order valence-electron chi connectivity index (χ2n) is 4.49. The van der Waals surface area contributed by atoms with Crippen molar-refractivity contribution in [2.45, 2.75) is 30.7 Å². The molecule has 4 atom stereocenters. The maximum Gasteiger partial charge on any atom is 0.247 e. The van der Waals surface area contributed by atoms with Crippen LogP contribution in [0.1, 0.15) is 5.56 Å². The Kier molecular flexibility index (Phi) is 4.51. The van der Waals surface area contributed by atoms with Gasteiger partial charge in [0.1, 0.15) is 12.2 Å². The molecule has 0 amide bonds. The Hall–Kier alpha value is -1.02. The van der Waals surface area contributed by atoms with E-state index in [9.17, 15) is 15.3 Å². The first-order valence-electron chi connectivity index (χ1n) is 6.10. The normalized spacial score (nSPS) is 34.6. The van der Waals surface area contributed by atoms with Gasteiger partial charge >= 0.3 is 0 Å². The average Bonchev–Trinajstić information content (AvgIpc) is 2.64. The molecule has 0 spiro atoms. The Bertz CT molecular complexity index is 397. The summed E-state index contributed by atoms with van der Waals surface area (Å²) < 4.78 is 9.99. The van der Waals surface area contributed by atoms with Crippen LogP contribution in [0.3, 0.4) is 0 Å². The maximum absolute atomic E-state index is 10.0. The minimum absolute atomic E-state index is 0.107. The molecule has 0 radical (unpaired) electrons. The number of ether oxygens (including phenoxy) is 2. The van der Waals surface area contributed by atoms with E-state index in [2.05, 4.69) is 0 Å². The first kappa shape index (κ1) is 14.4. The summed E-state index contributed by atoms with van der Waals surface area (Å²) in [5.41, 5.74) is 1.01. The van der Waals surface area contributed by atoms with Crippen molar-refractivity contribution in [3.05, 3.63) is 35.9 Å². The Morgan fingerprint density at radius 1 is 1.21 bits per heavy atom. The molecule has 1 aliphatic rings. The first-order chi connectivity index (χ1) is 9.08. The number of hydrogen-bond acceptors (Lipinski definition) is 6. The van der Waals surface area contributed by atoms with Crippen LogP contribution in [0.4, 0.5) is 0 Å². The van der Waals surface area contributed by atoms with Crippen LogP contribution in [-0.2, 0) is 15.9 Å². The lowest BCUT2D eigenvalue weighted by Crippen LogP contribution is -2.51. The molecule has 4 N–H and O–H groups in total. The Morgan fingerprint density at radius 2 is 1.89 bits per heavy atom. The number of hydrogen-bond donors (Lipinski definition) is 4. The molecule has 0 aliphatic carbocycles. The predicted molar refractivity (Wildman–Crippen MR) is 65.0 cm³/mol. The minimum atomic E-state index is -2.21. The maximum atomic E-state index is 10.0. The van der Waals surface area contributed by atoms with Crippen molar-refractivity contribution in [2.24, 2.45) is 0 Å². The van der Waals surface area contributed by atoms with Gasteiger partial charge in [-0.2, -0.15) is 0 Å². The van der Waals surface area contributed by atoms with Crippen molar-refractivity contribution in [1.29, 1.82) is 0 Å². The molecule has 2 rings (SSSR count). The van der Waals surface area contributed by atoms with Crippen LogP contribution in [0.25, 0.3) is 0 Å². The molecule has 0 bridgehead atoms. The summed E-state index contributed by atoms with van der Waals surface area (Å²) in [6.45, 7) is -0.404. The quantitative estimate of drug-likeness (QED) is 0.512. The van der Waals surface area contributed by atoms with E-state index >= 15 is 0 Å². The molecule has 1 fully saturated rings. The molecular formula is C13H18O6. The lowest BCUT2D eigenvalue weighted by Gasteiger charge is -2.28. The number of aliphatic hydroxyl groups excluding tert-OH is 3. The van der Waals surface area contributed by atoms with Crippen molar-refractivity contribution in [3.63, 3.8) is 0 Å². The second kappa shape index (κ2) is 5.96. The smallest absolute Gasteiger partial charge is 0.247 e. The Balaban J connectivity index is 1.91. The van der Waals surface area contributed by atoms with Gasteiger partial charge in [0.05, 0.1) is 13.2 Å². The number of aliphatic hydroxyl groups is 4. The number of rotatable bonds is 5. The van der Waals surface area contributed by atoms with E-state index in [0.717, 1.165) is 5.56 Å². The van der Waals surface area contributed by atoms with Crippen LogP contribution in [0.5, 0.6) is 0 Å². The fraction of sp³-hybridized carbons (Fsp3) is 0.538. The molecular weight excluding hydrogens is 252 g/mol. The van der Waals surface area contributed by atoms with E-state index in [1.54, 1.807) is 0 Å². The summed E-state index contributed by atoms with van der Waals surface area (Å²) in [5.74, 6) is -2.21. The van der Waals surface area contributed by atoms with Crippen LogP contribution in [0, 0.1) is 0 Å². The highest BCUT2D eigenvalue weighted by Gasteiger charge is 2.56. The van der Waals surface area contributed by atoms with E-state index in [1.165, 1.54) is 0 Å². The molecule has 1 unspecified atom stereocenters. The van der Waals surface area contributed by atoms with Crippen molar-refractivity contribution in [3.8, 4) is 0 Å². The molecule has 0 aromatic heterocycles. The van der Waals surface area contributed by atoms with Gasteiger partial charge in [-0.3, -0.25) is 0 Å². The van der Waals surface area contributed by atoms with E-state index in [0.29, 0.717) is 6.42 Å². The molecule has 0 saturated carbocycles. The highest BCUT2D eigenvalue weighted by atomic mass is 16.7. The molecule has 6 heteroatoms. The molecule has 1 aliphatic heterocycles. The van der Waals surface area contributed by atoms with Crippen LogP contribution >= 0.6 is 0 Å². The van der Waals surface area contributed by atoms with Crippen LogP contribution in [0.15, 0.2) is 30.3 Å². The molecule has 1 aromatic carbocycles. The highest BCUT2D eigenvalue weighted by Crippen LogP contribution is 2.31. The zero-order valence-corrected chi connectivity index (χ0v) is 10.3. The van der Waals surface area contributed by atoms with Crippen LogP contribution in [-0.4, -0.2) is 57.9 Å². The fourth-order valence-electron chi connectivity index (χ4n) is 2.03. The molecule has 6 nitrogen and oxygen atoms in total. The first-order valence-corrected chi connectivity index (χ1v) is 6.10. The molecule has 1 heterocycles. The zero-order valence-electron chi connectivity index (χ0n) is 10.3. The molecule has 1 saturated heterocycles. The standard InChI is InChI=1S/C13H18O6/c14-8-10-11(15)13(17,12(16)19-10)18-7-6-9-4-2-1-3-5-9/h1-5,10-12,14-17H,6-8H2/t10-,11+,12?,13-/m1/s1. The van der Waals surface area contributed by atoms with E-state index in [-0.39, 0.29) is 6.61 Å². The van der Waals surface area contributed by atoms with Crippen LogP contribution in [0.2, 0.25) is 0 Å². The lowest BCUT2D eigenvalue weighted by molar-refractivity contribution is -0.304. The lowest BCUT2D eigenvalue weighted by atomic mass is 10.1. The third kappa shape index (κ3) is 2.94. The van der Waals surface area contributed by atoms with Gasteiger partial charge in [-0.25, -0.2) is 0 Å². The summed E-state index contributed by atoms with van der Waals surface area (Å²) in [6, 6.07) is 9.47. The van der Waals surface area contributed by atoms with Gasteiger partial charge in [0.2, 0.25) is 12.1 Å². The zero-order chi connectivity index (χ0) is 13.9. The number of benzene rings is 1. The van der Waals surface area contributed by atoms with Gasteiger partial charge in [0.15, 0.2) is 0 Å². The third-order valence-electron chi connectivity index (χ3n) is 3.18. The summed E-state index contributed by atoms with van der Waals surface area (Å²) in [7, 11) is 0. The summed E-state index contributed by atoms with van der Waals surface area (Å²) >= 11 is 0. The topological polar surface area (TPSA) is 99.4 Å². The van der Waals surface area contributed by atoms with Crippen molar-refractivity contribution in [2.75, 3.05) is 13.2 Å². The van der Waals surface area contributed by atoms with Gasteiger partial charge in [0, 0.05) is 0 Å². The van der Waals surface area contributed by atoms with Crippen LogP contribution < -0.4 is 0 Å². The van der Waals surface area contributed by atoms with E-state index < -0.39 is 30.9 Å². The summed E-state index contributed by atoms with van der Waals surface area (Å²) in [6.07, 6.45) is -3.72. The van der Waals surface area contributed by atoms with Gasteiger partial charge in [-0.1, -0.05) is 30.3 Å². The average molecular weight is 270 g/mol. The summed E-state index contributed by atoms with van der Waals surface area (Å²) in [5, 5.41) is 38.3. The fourth-order valence-corrected chi connectivity index (χ4v) is 2.03. The van der Waals surface area contributed by atoms with Gasteiger partial charge < -0.3 is 29.9 Å². The van der Waals surface area contributed by atoms with Crippen molar-refractivity contribution < 1.29 is 29.9 Å². The highest BCUT2D eigenvalue weighted by molar-refractivity contribution is 5.14. The molecule has 19 heavy (non-hydrogen) atoms. The molecule has 106 valence electrons. The summed E-state index contributed by atoms with van der Waals surface area (Å²) in [4.78, 5) is 0. The van der Waals surface area contributed by atoms with Gasteiger partial charge in [-0.15, -0.1) is 0 Å². The van der Waals surface area contributed by atoms with E-state index in [4.69, 9.17) is 14.6 Å². The third-order valence-corrected chi connectivity index (χ3v) is 3.18. The Morgan fingerprint density at radius 3 is 2.47 bits per heavy atom. The predicted octanol–water partition coefficient (Wildman–Crippen LogP) is -0.995. The second-order valence-corrected chi connectivity index (χ2v) is 4.49. The van der Waals surface area contributed by atoms with E-state index in [1.807, 2.05) is 30.3 Å². The van der Waals surface area contributed by atoms with Gasteiger partial charge in [-0.05, 0) is 12.0 Å². The van der Waals surface area contributed by atoms with Crippen molar-refractivity contribution >= 4 is 0 Å². The molecule has 1 aromatic rings. The Labute approximate surface area is 110 Å². The monoisotopic (exact) mass is 270 g/mol. The minimum Gasteiger partial charge on any atom is -0.394 e.